The van der Waals surface area contributed by atoms with Gasteiger partial charge >= 0.3 is 5.97 Å². The molecule has 98 valence electrons. The van der Waals surface area contributed by atoms with Gasteiger partial charge in [0, 0.05) is 12.1 Å². The fraction of sp³-hybridized carbons (Fsp3) is 0.308. The van der Waals surface area contributed by atoms with Crippen LogP contribution >= 0.6 is 11.3 Å². The maximum Gasteiger partial charge on any atom is 0.357 e. The fourth-order valence-electron chi connectivity index (χ4n) is 2.14. The third kappa shape index (κ3) is 2.24. The van der Waals surface area contributed by atoms with Crippen molar-refractivity contribution in [3.05, 3.63) is 34.5 Å². The lowest BCUT2D eigenvalue weighted by Crippen LogP contribution is -2.28. The minimum absolute atomic E-state index is 0.390. The minimum atomic E-state index is -0.390. The highest BCUT2D eigenvalue weighted by molar-refractivity contribution is 7.13. The highest BCUT2D eigenvalue weighted by Gasteiger charge is 2.23. The maximum atomic E-state index is 11.9. The van der Waals surface area contributed by atoms with Gasteiger partial charge in [0.15, 0.2) is 11.5 Å². The largest absolute Gasteiger partial charge is 0.464 e. The molecule has 6 heteroatoms. The van der Waals surface area contributed by atoms with E-state index in [4.69, 9.17) is 4.74 Å². The van der Waals surface area contributed by atoms with Crippen LogP contribution in [0.4, 0.5) is 0 Å². The molecule has 1 N–H and O–H groups in total. The molecule has 0 radical (unpaired) electrons. The number of nitrogens with zero attached hydrogens (tertiary/aromatic N) is 2. The first kappa shape index (κ1) is 12.3. The van der Waals surface area contributed by atoms with E-state index in [1.807, 2.05) is 17.5 Å². The standard InChI is InChI=1S/C13H13N3O2S/c1-18-13(17)11-8-4-5-14-7-9(8)15-12(16-11)10-3-2-6-19-10/h2-3,6,14H,4-5,7H2,1H3. The number of aromatic nitrogens is 2. The summed E-state index contributed by atoms with van der Waals surface area (Å²) in [5.41, 5.74) is 2.20. The van der Waals surface area contributed by atoms with E-state index in [0.717, 1.165) is 29.1 Å². The summed E-state index contributed by atoms with van der Waals surface area (Å²) >= 11 is 1.56. The summed E-state index contributed by atoms with van der Waals surface area (Å²) in [6.07, 6.45) is 0.754. The van der Waals surface area contributed by atoms with Gasteiger partial charge in [0.25, 0.3) is 0 Å². The third-order valence-electron chi connectivity index (χ3n) is 3.06. The van der Waals surface area contributed by atoms with Crippen LogP contribution in [0, 0.1) is 0 Å². The molecule has 0 saturated heterocycles. The number of carbonyl (C=O) groups excluding carboxylic acids is 1. The molecule has 2 aromatic rings. The summed E-state index contributed by atoms with van der Waals surface area (Å²) in [7, 11) is 1.38. The molecule has 0 bridgehead atoms. The Hall–Kier alpha value is -1.79. The number of hydrogen-bond acceptors (Lipinski definition) is 6. The van der Waals surface area contributed by atoms with Crippen molar-refractivity contribution in [1.82, 2.24) is 15.3 Å². The predicted octanol–water partition coefficient (Wildman–Crippen LogP) is 1.64. The van der Waals surface area contributed by atoms with Crippen molar-refractivity contribution in [2.75, 3.05) is 13.7 Å². The smallest absolute Gasteiger partial charge is 0.357 e. The molecule has 3 heterocycles. The Morgan fingerprint density at radius 2 is 2.37 bits per heavy atom. The maximum absolute atomic E-state index is 11.9. The molecule has 0 aromatic carbocycles. The summed E-state index contributed by atoms with van der Waals surface area (Å²) < 4.78 is 4.83. The molecule has 0 aliphatic carbocycles. The van der Waals surface area contributed by atoms with Crippen molar-refractivity contribution < 1.29 is 9.53 Å². The highest BCUT2D eigenvalue weighted by Crippen LogP contribution is 2.25. The van der Waals surface area contributed by atoms with Crippen LogP contribution in [-0.4, -0.2) is 29.6 Å². The van der Waals surface area contributed by atoms with E-state index in [-0.39, 0.29) is 0 Å². The number of esters is 1. The van der Waals surface area contributed by atoms with Gasteiger partial charge in [0.1, 0.15) is 0 Å². The zero-order valence-corrected chi connectivity index (χ0v) is 11.3. The lowest BCUT2D eigenvalue weighted by molar-refractivity contribution is 0.0592. The van der Waals surface area contributed by atoms with Crippen LogP contribution in [-0.2, 0) is 17.7 Å². The second kappa shape index (κ2) is 5.07. The van der Waals surface area contributed by atoms with Gasteiger partial charge in [-0.25, -0.2) is 14.8 Å². The normalized spacial score (nSPS) is 13.9. The van der Waals surface area contributed by atoms with Crippen LogP contribution in [0.1, 0.15) is 21.7 Å². The second-order valence-corrected chi connectivity index (χ2v) is 5.16. The SMILES string of the molecule is COC(=O)c1nc(-c2cccs2)nc2c1CCNC2. The first-order valence-corrected chi connectivity index (χ1v) is 6.90. The second-order valence-electron chi connectivity index (χ2n) is 4.22. The average molecular weight is 275 g/mol. The van der Waals surface area contributed by atoms with E-state index in [9.17, 15) is 4.79 Å². The number of thiophene rings is 1. The summed E-state index contributed by atoms with van der Waals surface area (Å²) in [4.78, 5) is 21.8. The van der Waals surface area contributed by atoms with E-state index in [1.54, 1.807) is 11.3 Å². The summed E-state index contributed by atoms with van der Waals surface area (Å²) in [5, 5.41) is 5.23. The van der Waals surface area contributed by atoms with Gasteiger partial charge in [-0.3, -0.25) is 0 Å². The third-order valence-corrected chi connectivity index (χ3v) is 3.92. The molecule has 1 aliphatic heterocycles. The number of nitrogens with one attached hydrogen (secondary N) is 1. The number of ether oxygens (including phenoxy) is 1. The van der Waals surface area contributed by atoms with Crippen molar-refractivity contribution in [3.63, 3.8) is 0 Å². The number of hydrogen-bond donors (Lipinski definition) is 1. The van der Waals surface area contributed by atoms with E-state index >= 15 is 0 Å². The number of rotatable bonds is 2. The molecular formula is C13H13N3O2S. The van der Waals surface area contributed by atoms with Crippen molar-refractivity contribution in [3.8, 4) is 10.7 Å². The van der Waals surface area contributed by atoms with Crippen LogP contribution in [0.15, 0.2) is 17.5 Å². The van der Waals surface area contributed by atoms with Crippen LogP contribution in [0.25, 0.3) is 10.7 Å². The number of fused-ring (bicyclic) bond motifs is 1. The zero-order chi connectivity index (χ0) is 13.2. The molecule has 0 atom stereocenters. The van der Waals surface area contributed by atoms with Gasteiger partial charge < -0.3 is 10.1 Å². The Balaban J connectivity index is 2.16. The van der Waals surface area contributed by atoms with Crippen molar-refractivity contribution in [2.45, 2.75) is 13.0 Å². The van der Waals surface area contributed by atoms with Gasteiger partial charge in [0.2, 0.25) is 0 Å². The lowest BCUT2D eigenvalue weighted by atomic mass is 10.0. The van der Waals surface area contributed by atoms with Gasteiger partial charge in [-0.05, 0) is 24.4 Å². The molecule has 2 aromatic heterocycles. The molecule has 0 saturated carbocycles. The van der Waals surface area contributed by atoms with E-state index in [2.05, 4.69) is 15.3 Å². The molecule has 0 amide bonds. The molecule has 1 aliphatic rings. The number of methoxy groups -OCH3 is 1. The van der Waals surface area contributed by atoms with Crippen molar-refractivity contribution >= 4 is 17.3 Å². The molecule has 3 rings (SSSR count). The summed E-state index contributed by atoms with van der Waals surface area (Å²) in [5.74, 6) is 0.205. The summed E-state index contributed by atoms with van der Waals surface area (Å²) in [6, 6.07) is 3.89. The van der Waals surface area contributed by atoms with Crippen LogP contribution < -0.4 is 5.32 Å². The molecule has 5 nitrogen and oxygen atoms in total. The monoisotopic (exact) mass is 275 g/mol. The Labute approximate surface area is 114 Å². The van der Waals surface area contributed by atoms with Crippen molar-refractivity contribution in [2.24, 2.45) is 0 Å². The van der Waals surface area contributed by atoms with E-state index in [1.165, 1.54) is 7.11 Å². The predicted molar refractivity (Wildman–Crippen MR) is 72.1 cm³/mol. The van der Waals surface area contributed by atoms with Crippen molar-refractivity contribution in [1.29, 1.82) is 0 Å². The summed E-state index contributed by atoms with van der Waals surface area (Å²) in [6.45, 7) is 1.50. The average Bonchev–Trinajstić information content (AvgIpc) is 2.99. The molecule has 0 fully saturated rings. The van der Waals surface area contributed by atoms with Gasteiger partial charge in [-0.2, -0.15) is 0 Å². The Morgan fingerprint density at radius 1 is 1.47 bits per heavy atom. The molecule has 0 spiro atoms. The van der Waals surface area contributed by atoms with Crippen LogP contribution in [0.2, 0.25) is 0 Å². The van der Waals surface area contributed by atoms with E-state index < -0.39 is 5.97 Å². The van der Waals surface area contributed by atoms with Crippen LogP contribution in [0.5, 0.6) is 0 Å². The quantitative estimate of drug-likeness (QED) is 0.844. The topological polar surface area (TPSA) is 64.1 Å². The highest BCUT2D eigenvalue weighted by atomic mass is 32.1. The first-order chi connectivity index (χ1) is 9.29. The molecule has 0 unspecified atom stereocenters. The van der Waals surface area contributed by atoms with E-state index in [0.29, 0.717) is 18.1 Å². The number of carbonyl (C=O) groups is 1. The first-order valence-electron chi connectivity index (χ1n) is 6.02. The van der Waals surface area contributed by atoms with Gasteiger partial charge in [0.05, 0.1) is 17.7 Å². The minimum Gasteiger partial charge on any atom is -0.464 e. The Morgan fingerprint density at radius 3 is 3.11 bits per heavy atom. The van der Waals surface area contributed by atoms with Gasteiger partial charge in [-0.15, -0.1) is 11.3 Å². The molecular weight excluding hydrogens is 262 g/mol. The Bertz CT molecular complexity index is 611. The lowest BCUT2D eigenvalue weighted by Gasteiger charge is -2.18. The van der Waals surface area contributed by atoms with Gasteiger partial charge in [-0.1, -0.05) is 6.07 Å². The zero-order valence-electron chi connectivity index (χ0n) is 10.5. The molecule has 19 heavy (non-hydrogen) atoms. The van der Waals surface area contributed by atoms with Crippen LogP contribution in [0.3, 0.4) is 0 Å². The Kier molecular flexibility index (Phi) is 3.27. The fourth-order valence-corrected chi connectivity index (χ4v) is 2.80.